The minimum atomic E-state index is -3.95. The summed E-state index contributed by atoms with van der Waals surface area (Å²) in [6.07, 6.45) is 13.2. The second-order valence-corrected chi connectivity index (χ2v) is 18.0. The molecular formula is C39H51ClN2O6S. The number of carbonyl (C=O) groups is 1. The van der Waals surface area contributed by atoms with Crippen LogP contribution in [0.5, 0.6) is 5.75 Å². The van der Waals surface area contributed by atoms with E-state index in [0.717, 1.165) is 55.8 Å². The van der Waals surface area contributed by atoms with Gasteiger partial charge in [-0.1, -0.05) is 36.7 Å². The molecule has 2 aromatic carbocycles. The minimum Gasteiger partial charge on any atom is -0.490 e. The first-order chi connectivity index (χ1) is 23.5. The van der Waals surface area contributed by atoms with Crippen molar-refractivity contribution in [1.82, 2.24) is 4.72 Å². The summed E-state index contributed by atoms with van der Waals surface area (Å²) in [6.45, 7) is 5.60. The number of hydrogen-bond donors (Lipinski definition) is 1. The van der Waals surface area contributed by atoms with Gasteiger partial charge in [0.25, 0.3) is 5.91 Å². The molecule has 2 fully saturated rings. The van der Waals surface area contributed by atoms with Crippen molar-refractivity contribution < 1.29 is 27.4 Å². The summed E-state index contributed by atoms with van der Waals surface area (Å²) >= 11 is 6.48. The van der Waals surface area contributed by atoms with Gasteiger partial charge in [0.05, 0.1) is 29.2 Å². The Morgan fingerprint density at radius 3 is 2.63 bits per heavy atom. The largest absolute Gasteiger partial charge is 0.490 e. The lowest BCUT2D eigenvalue weighted by atomic mass is 9.62. The van der Waals surface area contributed by atoms with Gasteiger partial charge in [-0.05, 0) is 123 Å². The van der Waals surface area contributed by atoms with Gasteiger partial charge >= 0.3 is 0 Å². The molecule has 2 aliphatic heterocycles. The number of sulfonamides is 1. The van der Waals surface area contributed by atoms with E-state index in [2.05, 4.69) is 33.9 Å². The maximum absolute atomic E-state index is 13.6. The van der Waals surface area contributed by atoms with Crippen LogP contribution < -0.4 is 14.4 Å². The Kier molecular flexibility index (Phi) is 9.61. The second kappa shape index (κ2) is 13.5. The number of anilines is 1. The van der Waals surface area contributed by atoms with Crippen molar-refractivity contribution in [3.05, 3.63) is 70.3 Å². The highest BCUT2D eigenvalue weighted by Gasteiger charge is 2.51. The van der Waals surface area contributed by atoms with Crippen molar-refractivity contribution in [2.75, 3.05) is 38.8 Å². The fourth-order valence-electron chi connectivity index (χ4n) is 9.10. The van der Waals surface area contributed by atoms with Gasteiger partial charge in [-0.2, -0.15) is 0 Å². The highest BCUT2D eigenvalue weighted by molar-refractivity contribution is 7.90. The van der Waals surface area contributed by atoms with E-state index in [1.807, 2.05) is 39.3 Å². The van der Waals surface area contributed by atoms with E-state index in [1.165, 1.54) is 24.0 Å². The van der Waals surface area contributed by atoms with Gasteiger partial charge in [-0.15, -0.1) is 0 Å². The van der Waals surface area contributed by atoms with Crippen LogP contribution in [0.1, 0.15) is 86.7 Å². The number of rotatable bonds is 5. The number of amides is 1. The van der Waals surface area contributed by atoms with Gasteiger partial charge in [0.1, 0.15) is 5.75 Å². The van der Waals surface area contributed by atoms with Gasteiger partial charge in [0, 0.05) is 49.7 Å². The highest BCUT2D eigenvalue weighted by Crippen LogP contribution is 2.51. The van der Waals surface area contributed by atoms with Gasteiger partial charge in [0.2, 0.25) is 10.0 Å². The van der Waals surface area contributed by atoms with Crippen molar-refractivity contribution in [2.24, 2.45) is 23.7 Å². The van der Waals surface area contributed by atoms with Gasteiger partial charge in [-0.3, -0.25) is 4.79 Å². The molecule has 1 amide bonds. The van der Waals surface area contributed by atoms with Crippen LogP contribution in [0.15, 0.2) is 48.6 Å². The summed E-state index contributed by atoms with van der Waals surface area (Å²) in [5.74, 6) is 1.00. The van der Waals surface area contributed by atoms with Crippen molar-refractivity contribution in [1.29, 1.82) is 0 Å². The highest BCUT2D eigenvalue weighted by atomic mass is 35.5. The minimum absolute atomic E-state index is 0.104. The first-order valence-electron chi connectivity index (χ1n) is 18.1. The van der Waals surface area contributed by atoms with E-state index >= 15 is 0 Å². The maximum Gasteiger partial charge on any atom is 0.264 e. The smallest absolute Gasteiger partial charge is 0.264 e. The van der Waals surface area contributed by atoms with E-state index in [4.69, 9.17) is 25.8 Å². The molecule has 3 aliphatic carbocycles. The molecule has 7 rings (SSSR count). The fourth-order valence-corrected chi connectivity index (χ4v) is 10.6. The number of hydrogen-bond acceptors (Lipinski definition) is 7. The molecule has 2 bridgehead atoms. The van der Waals surface area contributed by atoms with Crippen LogP contribution in [0, 0.1) is 23.7 Å². The summed E-state index contributed by atoms with van der Waals surface area (Å²) in [5.41, 5.74) is 2.87. The number of fused-ring (bicyclic) bond motifs is 4. The maximum atomic E-state index is 13.6. The Balaban J connectivity index is 1.32. The van der Waals surface area contributed by atoms with Crippen LogP contribution in [0.2, 0.25) is 5.02 Å². The molecule has 10 heteroatoms. The number of methoxy groups -OCH3 is 2. The number of aryl methyl sites for hydroxylation is 1. The summed E-state index contributed by atoms with van der Waals surface area (Å²) < 4.78 is 48.8. The van der Waals surface area contributed by atoms with E-state index < -0.39 is 26.8 Å². The van der Waals surface area contributed by atoms with E-state index in [1.54, 1.807) is 13.0 Å². The molecule has 8 nitrogen and oxygen atoms in total. The summed E-state index contributed by atoms with van der Waals surface area (Å²) in [4.78, 5) is 16.0. The molecule has 2 saturated carbocycles. The number of benzene rings is 2. The summed E-state index contributed by atoms with van der Waals surface area (Å²) in [5, 5.41) is -0.0317. The molecule has 0 radical (unpaired) electrons. The predicted molar refractivity (Wildman–Crippen MR) is 193 cm³/mol. The molecule has 7 atom stereocenters. The summed E-state index contributed by atoms with van der Waals surface area (Å²) in [7, 11) is -0.310. The van der Waals surface area contributed by atoms with Crippen LogP contribution in [-0.2, 0) is 31.3 Å². The molecule has 1 spiro atoms. The molecule has 266 valence electrons. The van der Waals surface area contributed by atoms with Gasteiger partial charge < -0.3 is 19.1 Å². The number of ether oxygens (including phenoxy) is 3. The topological polar surface area (TPSA) is 94.2 Å². The predicted octanol–water partition coefficient (Wildman–Crippen LogP) is 7.08. The molecule has 49 heavy (non-hydrogen) atoms. The number of nitrogens with zero attached hydrogens (tertiary/aromatic N) is 1. The molecule has 5 aliphatic rings. The molecule has 0 unspecified atom stereocenters. The zero-order valence-corrected chi connectivity index (χ0v) is 30.8. The quantitative estimate of drug-likeness (QED) is 0.332. The van der Waals surface area contributed by atoms with Gasteiger partial charge in [0.15, 0.2) is 0 Å². The third-order valence-corrected chi connectivity index (χ3v) is 14.7. The lowest BCUT2D eigenvalue weighted by Gasteiger charge is -2.51. The Bertz CT molecular complexity index is 1710. The standard InChI is InChI=1S/C39H51ClN2O6S/c1-25-7-5-18-39(47-4,21-36(46-3)27-9-10-27)33-14-11-30(33)22-42-23-38(17-6-8-28-19-31(40)13-15-32(28)38)24-48-35-16-12-29(20-34(35)42)37(43)41-49(44,45)26(25)2/h5,12-13,15-16,18-20,25-27,30,33,36H,6-11,14,17,21-24H2,1-4H3,(H,41,43)/b18-5-/t25-,26+,30-,33+,36-,38-,39+/m0/s1. The Hall–Kier alpha value is -2.59. The first kappa shape index (κ1) is 34.8. The Morgan fingerprint density at radius 1 is 1.10 bits per heavy atom. The number of halogens is 1. The average molecular weight is 711 g/mol. The first-order valence-corrected chi connectivity index (χ1v) is 20.0. The monoisotopic (exact) mass is 710 g/mol. The third kappa shape index (κ3) is 6.65. The second-order valence-electron chi connectivity index (χ2n) is 15.5. The molecular weight excluding hydrogens is 660 g/mol. The number of nitrogens with one attached hydrogen (secondary N) is 1. The lowest BCUT2D eigenvalue weighted by Crippen LogP contribution is -2.54. The number of allylic oxidation sites excluding steroid dienone is 1. The Labute approximate surface area is 296 Å². The average Bonchev–Trinajstić information content (AvgIpc) is 3.93. The fraction of sp³-hybridized carbons (Fsp3) is 0.615. The van der Waals surface area contributed by atoms with Crippen molar-refractivity contribution in [3.8, 4) is 5.75 Å². The van der Waals surface area contributed by atoms with E-state index in [0.29, 0.717) is 42.7 Å². The molecule has 0 aromatic heterocycles. The molecule has 1 N–H and O–H groups in total. The van der Waals surface area contributed by atoms with E-state index in [9.17, 15) is 13.2 Å². The van der Waals surface area contributed by atoms with Crippen LogP contribution in [0.4, 0.5) is 5.69 Å². The van der Waals surface area contributed by atoms with Crippen LogP contribution in [0.25, 0.3) is 0 Å². The molecule has 0 saturated heterocycles. The van der Waals surface area contributed by atoms with Crippen LogP contribution in [0.3, 0.4) is 0 Å². The lowest BCUT2D eigenvalue weighted by molar-refractivity contribution is -0.106. The Morgan fingerprint density at radius 2 is 1.92 bits per heavy atom. The zero-order valence-electron chi connectivity index (χ0n) is 29.3. The third-order valence-electron chi connectivity index (χ3n) is 12.6. The normalized spacial score (nSPS) is 34.0. The van der Waals surface area contributed by atoms with E-state index in [-0.39, 0.29) is 23.4 Å². The van der Waals surface area contributed by atoms with Crippen LogP contribution in [-0.4, -0.2) is 65.2 Å². The SMILES string of the molecule is CO[C@@H](C[C@]1(OC)/C=C\C[C@H](C)[C@@H](C)S(=O)(=O)NC(=O)c2ccc3c(c2)N(C[C@@H]2CC[C@H]21)C[C@@]1(CCCc2cc(Cl)ccc21)CO3)C1CC1. The zero-order chi connectivity index (χ0) is 34.6. The van der Waals surface area contributed by atoms with Gasteiger partial charge in [-0.25, -0.2) is 13.1 Å². The van der Waals surface area contributed by atoms with Crippen molar-refractivity contribution >= 4 is 33.2 Å². The molecule has 2 heterocycles. The summed E-state index contributed by atoms with van der Waals surface area (Å²) in [6, 6.07) is 11.6. The van der Waals surface area contributed by atoms with Crippen molar-refractivity contribution in [2.45, 2.75) is 94.0 Å². The van der Waals surface area contributed by atoms with Crippen molar-refractivity contribution in [3.63, 3.8) is 0 Å². The molecule has 2 aromatic rings. The number of carbonyl (C=O) groups excluding carboxylic acids is 1. The van der Waals surface area contributed by atoms with Crippen LogP contribution >= 0.6 is 11.6 Å².